The highest BCUT2D eigenvalue weighted by molar-refractivity contribution is 5.94. The molecule has 2 aliphatic rings. The first-order valence-corrected chi connectivity index (χ1v) is 9.48. The van der Waals surface area contributed by atoms with Crippen molar-refractivity contribution in [1.29, 1.82) is 0 Å². The number of carboxylic acids is 1. The number of likely N-dealkylation sites (tertiary alicyclic amines) is 1. The van der Waals surface area contributed by atoms with E-state index in [-0.39, 0.29) is 17.5 Å². The van der Waals surface area contributed by atoms with Crippen molar-refractivity contribution in [2.75, 3.05) is 13.1 Å². The van der Waals surface area contributed by atoms with Crippen molar-refractivity contribution in [3.8, 4) is 5.69 Å². The minimum absolute atomic E-state index is 0.0370. The number of imidazole rings is 1. The monoisotopic (exact) mass is 385 g/mol. The Hall–Kier alpha value is -2.87. The van der Waals surface area contributed by atoms with Gasteiger partial charge in [0, 0.05) is 31.0 Å². The number of aliphatic carboxylic acids is 1. The van der Waals surface area contributed by atoms with Crippen LogP contribution in [0.2, 0.25) is 0 Å². The van der Waals surface area contributed by atoms with Crippen molar-refractivity contribution in [2.24, 2.45) is 11.8 Å². The molecule has 1 aliphatic carbocycles. The van der Waals surface area contributed by atoms with Crippen LogP contribution in [0.1, 0.15) is 36.0 Å². The van der Waals surface area contributed by atoms with E-state index in [1.807, 2.05) is 0 Å². The van der Waals surface area contributed by atoms with Gasteiger partial charge in [0.1, 0.15) is 0 Å². The van der Waals surface area contributed by atoms with Crippen LogP contribution in [0.4, 0.5) is 0 Å². The summed E-state index contributed by atoms with van der Waals surface area (Å²) in [7, 11) is 0. The molecule has 2 heterocycles. The number of nitrogens with zero attached hydrogens (tertiary/aromatic N) is 2. The topological polar surface area (TPSA) is 116 Å². The minimum Gasteiger partial charge on any atom is -0.481 e. The first-order valence-electron chi connectivity index (χ1n) is 9.48. The fourth-order valence-electron chi connectivity index (χ4n) is 4.39. The molecule has 1 saturated heterocycles. The summed E-state index contributed by atoms with van der Waals surface area (Å²) < 4.78 is 1.46. The third-order valence-electron chi connectivity index (χ3n) is 6.13. The number of benzene rings is 1. The lowest BCUT2D eigenvalue weighted by molar-refractivity contribution is -0.169. The number of carbonyl (C=O) groups excluding carboxylic acids is 1. The van der Waals surface area contributed by atoms with Crippen LogP contribution in [0.15, 0.2) is 41.5 Å². The van der Waals surface area contributed by atoms with Crippen molar-refractivity contribution in [1.82, 2.24) is 14.5 Å². The molecule has 0 atom stereocenters. The standard InChI is InChI=1S/C20H23N3O5/c24-17(13-1-3-16(4-2-13)23-10-7-21-19(23)27)22-8-5-15(6-9-22)20(28)11-14(12-20)18(25)26/h1-4,7,10,14-15,28H,5-6,8-9,11-12H2,(H,21,27)(H,25,26). The summed E-state index contributed by atoms with van der Waals surface area (Å²) in [6.45, 7) is 1.09. The van der Waals surface area contributed by atoms with Gasteiger partial charge >= 0.3 is 11.7 Å². The number of aliphatic hydroxyl groups is 1. The predicted octanol–water partition coefficient (Wildman–Crippen LogP) is 1.24. The van der Waals surface area contributed by atoms with Crippen molar-refractivity contribution in [3.63, 3.8) is 0 Å². The van der Waals surface area contributed by atoms with E-state index in [0.29, 0.717) is 50.0 Å². The van der Waals surface area contributed by atoms with E-state index in [9.17, 15) is 19.5 Å². The smallest absolute Gasteiger partial charge is 0.330 e. The van der Waals surface area contributed by atoms with Gasteiger partial charge in [-0.1, -0.05) is 0 Å². The van der Waals surface area contributed by atoms with Gasteiger partial charge in [-0.05, 0) is 55.9 Å². The zero-order valence-corrected chi connectivity index (χ0v) is 15.4. The lowest BCUT2D eigenvalue weighted by Crippen LogP contribution is -2.55. The maximum absolute atomic E-state index is 12.8. The summed E-state index contributed by atoms with van der Waals surface area (Å²) >= 11 is 0. The summed E-state index contributed by atoms with van der Waals surface area (Å²) in [5.41, 5.74) is 0.102. The number of H-pyrrole nitrogens is 1. The first-order chi connectivity index (χ1) is 13.4. The highest BCUT2D eigenvalue weighted by Crippen LogP contribution is 2.46. The highest BCUT2D eigenvalue weighted by atomic mass is 16.4. The average molecular weight is 385 g/mol. The third-order valence-corrected chi connectivity index (χ3v) is 6.13. The van der Waals surface area contributed by atoms with E-state index in [0.717, 1.165) is 0 Å². The quantitative estimate of drug-likeness (QED) is 0.732. The number of piperidine rings is 1. The number of carbonyl (C=O) groups is 2. The lowest BCUT2D eigenvalue weighted by atomic mass is 9.62. The highest BCUT2D eigenvalue weighted by Gasteiger charge is 2.51. The molecular weight excluding hydrogens is 362 g/mol. The molecule has 3 N–H and O–H groups in total. The number of hydrogen-bond donors (Lipinski definition) is 3. The molecule has 0 unspecified atom stereocenters. The van der Waals surface area contributed by atoms with Gasteiger partial charge < -0.3 is 20.1 Å². The normalized spacial score (nSPS) is 25.3. The zero-order chi connectivity index (χ0) is 19.9. The maximum Gasteiger partial charge on any atom is 0.330 e. The Kier molecular flexibility index (Phi) is 4.58. The molecule has 148 valence electrons. The van der Waals surface area contributed by atoms with E-state index < -0.39 is 17.5 Å². The molecule has 2 fully saturated rings. The zero-order valence-electron chi connectivity index (χ0n) is 15.4. The van der Waals surface area contributed by atoms with E-state index in [2.05, 4.69) is 4.98 Å². The number of aromatic amines is 1. The van der Waals surface area contributed by atoms with Crippen LogP contribution in [0, 0.1) is 11.8 Å². The maximum atomic E-state index is 12.8. The average Bonchev–Trinajstić information content (AvgIpc) is 3.11. The first kappa shape index (κ1) is 18.5. The lowest BCUT2D eigenvalue weighted by Gasteiger charge is -2.49. The number of aromatic nitrogens is 2. The van der Waals surface area contributed by atoms with Crippen molar-refractivity contribution in [3.05, 3.63) is 52.7 Å². The van der Waals surface area contributed by atoms with E-state index in [1.165, 1.54) is 4.57 Å². The van der Waals surface area contributed by atoms with Gasteiger partial charge in [-0.2, -0.15) is 0 Å². The molecular formula is C20H23N3O5. The second kappa shape index (κ2) is 6.94. The number of amides is 1. The Morgan fingerprint density at radius 2 is 1.75 bits per heavy atom. The minimum atomic E-state index is -0.899. The van der Waals surface area contributed by atoms with Gasteiger partial charge in [-0.15, -0.1) is 0 Å². The summed E-state index contributed by atoms with van der Waals surface area (Å²) in [5.74, 6) is -1.33. The van der Waals surface area contributed by atoms with Crippen LogP contribution in [-0.2, 0) is 4.79 Å². The Morgan fingerprint density at radius 3 is 2.29 bits per heavy atom. The fraction of sp³-hybridized carbons (Fsp3) is 0.450. The molecule has 0 bridgehead atoms. The molecule has 1 saturated carbocycles. The van der Waals surface area contributed by atoms with E-state index >= 15 is 0 Å². The summed E-state index contributed by atoms with van der Waals surface area (Å²) in [5, 5.41) is 19.7. The van der Waals surface area contributed by atoms with Crippen LogP contribution in [0.25, 0.3) is 5.69 Å². The van der Waals surface area contributed by atoms with E-state index in [1.54, 1.807) is 41.6 Å². The third kappa shape index (κ3) is 3.24. The molecule has 28 heavy (non-hydrogen) atoms. The molecule has 1 aromatic heterocycles. The molecule has 4 rings (SSSR count). The Labute approximate surface area is 161 Å². The summed E-state index contributed by atoms with van der Waals surface area (Å²) in [4.78, 5) is 39.7. The van der Waals surface area contributed by atoms with Gasteiger partial charge in [0.15, 0.2) is 0 Å². The molecule has 1 amide bonds. The summed E-state index contributed by atoms with van der Waals surface area (Å²) in [6.07, 6.45) is 5.14. The number of hydrogen-bond acceptors (Lipinski definition) is 4. The second-order valence-corrected chi connectivity index (χ2v) is 7.80. The van der Waals surface area contributed by atoms with Crippen LogP contribution in [0.5, 0.6) is 0 Å². The van der Waals surface area contributed by atoms with Crippen LogP contribution >= 0.6 is 0 Å². The van der Waals surface area contributed by atoms with Gasteiger partial charge in [0.25, 0.3) is 5.91 Å². The summed E-state index contributed by atoms with van der Waals surface area (Å²) in [6, 6.07) is 6.89. The Balaban J connectivity index is 1.36. The fourth-order valence-corrected chi connectivity index (χ4v) is 4.39. The molecule has 1 aromatic carbocycles. The Morgan fingerprint density at radius 1 is 1.11 bits per heavy atom. The molecule has 0 radical (unpaired) electrons. The number of nitrogens with one attached hydrogen (secondary N) is 1. The SMILES string of the molecule is O=C(O)C1CC(O)(C2CCN(C(=O)c3ccc(-n4cc[nH]c4=O)cc3)CC2)C1. The van der Waals surface area contributed by atoms with Gasteiger partial charge in [-0.3, -0.25) is 14.2 Å². The van der Waals surface area contributed by atoms with Gasteiger partial charge in [-0.25, -0.2) is 4.79 Å². The number of carboxylic acid groups (broad SMARTS) is 1. The molecule has 0 spiro atoms. The van der Waals surface area contributed by atoms with Crippen molar-refractivity contribution < 1.29 is 19.8 Å². The molecule has 1 aliphatic heterocycles. The number of rotatable bonds is 4. The molecule has 8 heteroatoms. The van der Waals surface area contributed by atoms with Crippen LogP contribution in [0.3, 0.4) is 0 Å². The van der Waals surface area contributed by atoms with Crippen molar-refractivity contribution in [2.45, 2.75) is 31.3 Å². The van der Waals surface area contributed by atoms with Gasteiger partial charge in [0.05, 0.1) is 17.2 Å². The Bertz CT molecular complexity index is 931. The predicted molar refractivity (Wildman–Crippen MR) is 100 cm³/mol. The van der Waals surface area contributed by atoms with Gasteiger partial charge in [0.2, 0.25) is 0 Å². The van der Waals surface area contributed by atoms with Crippen molar-refractivity contribution >= 4 is 11.9 Å². The van der Waals surface area contributed by atoms with Crippen LogP contribution < -0.4 is 5.69 Å². The second-order valence-electron chi connectivity index (χ2n) is 7.80. The van der Waals surface area contributed by atoms with E-state index in [4.69, 9.17) is 5.11 Å². The molecule has 2 aromatic rings. The molecule has 8 nitrogen and oxygen atoms in total. The van der Waals surface area contributed by atoms with Crippen LogP contribution in [-0.4, -0.2) is 55.2 Å². The largest absolute Gasteiger partial charge is 0.481 e.